The first-order valence-corrected chi connectivity index (χ1v) is 5.92. The first-order chi connectivity index (χ1) is 6.34. The summed E-state index contributed by atoms with van der Waals surface area (Å²) in [6, 6.07) is 0. The molecule has 0 N–H and O–H groups in total. The summed E-state index contributed by atoms with van der Waals surface area (Å²) in [5, 5.41) is -0.0705. The monoisotopic (exact) mass is 280 g/mol. The van der Waals surface area contributed by atoms with E-state index in [4.69, 9.17) is 7.85 Å². The molecule has 0 bridgehead atoms. The summed E-state index contributed by atoms with van der Waals surface area (Å²) in [5.74, 6) is 1.59. The van der Waals surface area contributed by atoms with Gasteiger partial charge in [0, 0.05) is 32.7 Å². The Morgan fingerprint density at radius 1 is 1.53 bits per heavy atom. The van der Waals surface area contributed by atoms with Crippen molar-refractivity contribution in [1.82, 2.24) is 0 Å². The molecule has 0 spiro atoms. The molecule has 0 heterocycles. The first kappa shape index (κ1) is 16.2. The number of hydrogen-bond donors (Lipinski definition) is 0. The molecule has 0 aromatic carbocycles. The van der Waals surface area contributed by atoms with Crippen molar-refractivity contribution >= 4 is 7.85 Å². The molecule has 1 rings (SSSR count). The fourth-order valence-electron chi connectivity index (χ4n) is 2.97. The molecule has 1 aliphatic carbocycles. The van der Waals surface area contributed by atoms with Crippen molar-refractivity contribution in [3.8, 4) is 0 Å². The first-order valence-electron chi connectivity index (χ1n) is 5.92. The van der Waals surface area contributed by atoms with E-state index < -0.39 is 0 Å². The van der Waals surface area contributed by atoms with Crippen molar-refractivity contribution in [2.75, 3.05) is 0 Å². The van der Waals surface area contributed by atoms with Crippen molar-refractivity contribution in [1.29, 1.82) is 0 Å². The maximum Gasteiger partial charge on any atom is 0.0708 e. The van der Waals surface area contributed by atoms with Gasteiger partial charge in [-0.15, -0.1) is 0 Å². The maximum atomic E-state index is 6.25. The Bertz CT molecular complexity index is 194. The molecule has 3 radical (unpaired) electrons. The van der Waals surface area contributed by atoms with Gasteiger partial charge in [-0.2, -0.15) is 6.42 Å². The van der Waals surface area contributed by atoms with E-state index in [1.807, 2.05) is 0 Å². The van der Waals surface area contributed by atoms with E-state index in [0.717, 1.165) is 24.7 Å². The fraction of sp³-hybridized carbons (Fsp3) is 0.923. The molecule has 3 unspecified atom stereocenters. The van der Waals surface area contributed by atoms with Gasteiger partial charge in [-0.1, -0.05) is 39.4 Å². The predicted molar refractivity (Wildman–Crippen MR) is 64.4 cm³/mol. The summed E-state index contributed by atoms with van der Waals surface area (Å²) in [7, 11) is 6.25. The molecule has 1 saturated carbocycles. The zero-order valence-corrected chi connectivity index (χ0v) is 13.7. The summed E-state index contributed by atoms with van der Waals surface area (Å²) in [4.78, 5) is 0. The molecule has 2 heteroatoms. The van der Waals surface area contributed by atoms with Crippen LogP contribution in [-0.4, -0.2) is 7.85 Å². The van der Waals surface area contributed by atoms with Crippen LogP contribution < -0.4 is 0 Å². The standard InChI is InChI=1S/C13H24B.Y/c1-6-12(5,14)9-13(10(2)3)8-7-11(13)4;/h10-11H,1,6-9H2,2-5H3;/q-1;. The van der Waals surface area contributed by atoms with E-state index in [9.17, 15) is 0 Å². The second-order valence-electron chi connectivity index (χ2n) is 5.91. The van der Waals surface area contributed by atoms with Crippen LogP contribution in [0.2, 0.25) is 5.31 Å². The fourth-order valence-corrected chi connectivity index (χ4v) is 2.97. The van der Waals surface area contributed by atoms with Crippen LogP contribution in [0.15, 0.2) is 0 Å². The van der Waals surface area contributed by atoms with Crippen molar-refractivity contribution in [2.45, 2.75) is 58.7 Å². The van der Waals surface area contributed by atoms with E-state index in [-0.39, 0.29) is 38.0 Å². The molecule has 1 fully saturated rings. The molecule has 1 aliphatic rings. The van der Waals surface area contributed by atoms with Crippen LogP contribution in [0.5, 0.6) is 0 Å². The summed E-state index contributed by atoms with van der Waals surface area (Å²) < 4.78 is 0. The Hall–Kier alpha value is 1.17. The summed E-state index contributed by atoms with van der Waals surface area (Å²) in [6.07, 6.45) is 4.72. The molecule has 0 amide bonds. The Balaban J connectivity index is 0.00000196. The van der Waals surface area contributed by atoms with E-state index in [1.165, 1.54) is 12.8 Å². The molecule has 0 aromatic rings. The van der Waals surface area contributed by atoms with Gasteiger partial charge in [-0.25, -0.2) is 0 Å². The molecule has 83 valence electrons. The number of hydrogen-bond acceptors (Lipinski definition) is 0. The van der Waals surface area contributed by atoms with Crippen LogP contribution in [0.3, 0.4) is 0 Å². The quantitative estimate of drug-likeness (QED) is 0.539. The zero-order valence-electron chi connectivity index (χ0n) is 10.8. The summed E-state index contributed by atoms with van der Waals surface area (Å²) in [5.41, 5.74) is 0.501. The maximum absolute atomic E-state index is 6.25. The van der Waals surface area contributed by atoms with Gasteiger partial charge in [0.15, 0.2) is 0 Å². The van der Waals surface area contributed by atoms with Gasteiger partial charge in [-0.05, 0) is 30.1 Å². The second kappa shape index (κ2) is 5.67. The normalized spacial score (nSPS) is 34.1. The van der Waals surface area contributed by atoms with Crippen molar-refractivity contribution in [3.63, 3.8) is 0 Å². The SMILES string of the molecule is [B]C(C)(C[CH2-])CC1(C(C)C)CCC1C.[Y]. The Kier molecular flexibility index (Phi) is 6.12. The van der Waals surface area contributed by atoms with Crippen molar-refractivity contribution in [3.05, 3.63) is 6.92 Å². The molecular weight excluding hydrogens is 256 g/mol. The summed E-state index contributed by atoms with van der Waals surface area (Å²) >= 11 is 0. The number of rotatable bonds is 4. The second-order valence-corrected chi connectivity index (χ2v) is 5.91. The molecule has 15 heavy (non-hydrogen) atoms. The van der Waals surface area contributed by atoms with Gasteiger partial charge in [0.25, 0.3) is 0 Å². The third-order valence-corrected chi connectivity index (χ3v) is 4.48. The third kappa shape index (κ3) is 3.32. The molecule has 0 nitrogen and oxygen atoms in total. The largest absolute Gasteiger partial charge is 0.344 e. The van der Waals surface area contributed by atoms with Crippen LogP contribution in [0, 0.1) is 24.2 Å². The zero-order chi connectivity index (χ0) is 11.0. The van der Waals surface area contributed by atoms with E-state index in [0.29, 0.717) is 5.41 Å². The Labute approximate surface area is 123 Å². The van der Waals surface area contributed by atoms with Gasteiger partial charge < -0.3 is 6.92 Å². The molecule has 3 atom stereocenters. The van der Waals surface area contributed by atoms with E-state index in [2.05, 4.69) is 34.6 Å². The van der Waals surface area contributed by atoms with Gasteiger partial charge in [-0.3, -0.25) is 0 Å². The van der Waals surface area contributed by atoms with Gasteiger partial charge in [0.2, 0.25) is 0 Å². The molecule has 0 aromatic heterocycles. The molecule has 0 aliphatic heterocycles. The summed E-state index contributed by atoms with van der Waals surface area (Å²) in [6.45, 7) is 13.2. The average molecular weight is 280 g/mol. The van der Waals surface area contributed by atoms with E-state index >= 15 is 0 Å². The molecule has 0 saturated heterocycles. The van der Waals surface area contributed by atoms with Gasteiger partial charge in [0.05, 0.1) is 7.85 Å². The van der Waals surface area contributed by atoms with E-state index in [1.54, 1.807) is 0 Å². The van der Waals surface area contributed by atoms with Crippen LogP contribution in [0.4, 0.5) is 0 Å². The molecular formula is C13H24BY-. The van der Waals surface area contributed by atoms with Gasteiger partial charge in [0.1, 0.15) is 0 Å². The van der Waals surface area contributed by atoms with Gasteiger partial charge >= 0.3 is 0 Å². The average Bonchev–Trinajstić information content (AvgIpc) is 2.11. The Morgan fingerprint density at radius 3 is 2.27 bits per heavy atom. The van der Waals surface area contributed by atoms with Crippen molar-refractivity contribution < 1.29 is 32.7 Å². The van der Waals surface area contributed by atoms with Crippen LogP contribution >= 0.6 is 0 Å². The Morgan fingerprint density at radius 2 is 2.07 bits per heavy atom. The predicted octanol–water partition coefficient (Wildman–Crippen LogP) is 4.02. The topological polar surface area (TPSA) is 0 Å². The van der Waals surface area contributed by atoms with Crippen molar-refractivity contribution in [2.24, 2.45) is 17.3 Å². The minimum Gasteiger partial charge on any atom is -0.344 e. The van der Waals surface area contributed by atoms with Crippen LogP contribution in [-0.2, 0) is 32.7 Å². The minimum absolute atomic E-state index is 0. The third-order valence-electron chi connectivity index (χ3n) is 4.48. The van der Waals surface area contributed by atoms with Crippen LogP contribution in [0.25, 0.3) is 0 Å². The smallest absolute Gasteiger partial charge is 0.0708 e. The van der Waals surface area contributed by atoms with Crippen LogP contribution in [0.1, 0.15) is 53.4 Å². The minimum atomic E-state index is -0.0705.